The van der Waals surface area contributed by atoms with Crippen molar-refractivity contribution in [3.63, 3.8) is 0 Å². The Morgan fingerprint density at radius 2 is 2.11 bits per heavy atom. The van der Waals surface area contributed by atoms with Gasteiger partial charge in [-0.1, -0.05) is 23.8 Å². The molecule has 0 aromatic heterocycles. The second-order valence-electron chi connectivity index (χ2n) is 5.50. The van der Waals surface area contributed by atoms with Crippen LogP contribution >= 0.6 is 0 Å². The molecular weight excluding hydrogens is 228 g/mol. The minimum Gasteiger partial charge on any atom is -0.388 e. The van der Waals surface area contributed by atoms with E-state index >= 15 is 0 Å². The van der Waals surface area contributed by atoms with Gasteiger partial charge < -0.3 is 10.2 Å². The van der Waals surface area contributed by atoms with E-state index in [0.717, 1.165) is 5.57 Å². The number of rotatable bonds is 4. The predicted molar refractivity (Wildman–Crippen MR) is 72.1 cm³/mol. The van der Waals surface area contributed by atoms with Gasteiger partial charge in [0.25, 0.3) is 0 Å². The first-order chi connectivity index (χ1) is 8.20. The van der Waals surface area contributed by atoms with Crippen LogP contribution in [0.1, 0.15) is 34.1 Å². The maximum absolute atomic E-state index is 11.8. The van der Waals surface area contributed by atoms with E-state index < -0.39 is 17.6 Å². The van der Waals surface area contributed by atoms with Crippen LogP contribution in [0.25, 0.3) is 0 Å². The molecule has 0 amide bonds. The minimum absolute atomic E-state index is 0.00619. The topological polar surface area (TPSA) is 57.5 Å². The molecule has 0 radical (unpaired) electrons. The van der Waals surface area contributed by atoms with Gasteiger partial charge in [-0.2, -0.15) is 0 Å². The Kier molecular flexibility index (Phi) is 4.65. The molecule has 2 atom stereocenters. The van der Waals surface area contributed by atoms with Gasteiger partial charge in [0.05, 0.1) is 17.6 Å². The van der Waals surface area contributed by atoms with E-state index in [2.05, 4.69) is 0 Å². The second-order valence-corrected chi connectivity index (χ2v) is 5.50. The smallest absolute Gasteiger partial charge is 0.168 e. The third-order valence-corrected chi connectivity index (χ3v) is 2.91. The van der Waals surface area contributed by atoms with Crippen molar-refractivity contribution in [2.75, 3.05) is 0 Å². The number of ketones is 1. The molecule has 1 aliphatic carbocycles. The largest absolute Gasteiger partial charge is 0.388 e. The second kappa shape index (κ2) is 5.63. The average Bonchev–Trinajstić information content (AvgIpc) is 2.43. The van der Waals surface area contributed by atoms with E-state index in [-0.39, 0.29) is 5.78 Å². The Labute approximate surface area is 109 Å². The van der Waals surface area contributed by atoms with E-state index in [9.17, 15) is 15.0 Å². The number of carbonyl (C=O) groups is 1. The number of carbonyl (C=O) groups excluding carboxylic acids is 1. The van der Waals surface area contributed by atoms with Crippen LogP contribution in [-0.2, 0) is 4.79 Å². The van der Waals surface area contributed by atoms with Gasteiger partial charge >= 0.3 is 0 Å². The Balaban J connectivity index is 2.63. The molecule has 3 nitrogen and oxygen atoms in total. The first-order valence-corrected chi connectivity index (χ1v) is 6.19. The average molecular weight is 250 g/mol. The monoisotopic (exact) mass is 250 g/mol. The fraction of sp³-hybridized carbons (Fsp3) is 0.533. The number of hydrogen-bond donors (Lipinski definition) is 2. The lowest BCUT2D eigenvalue weighted by Crippen LogP contribution is -2.18. The summed E-state index contributed by atoms with van der Waals surface area (Å²) >= 11 is 0. The van der Waals surface area contributed by atoms with Crippen molar-refractivity contribution in [1.29, 1.82) is 0 Å². The van der Waals surface area contributed by atoms with E-state index in [4.69, 9.17) is 0 Å². The van der Waals surface area contributed by atoms with Crippen molar-refractivity contribution in [3.05, 3.63) is 35.5 Å². The van der Waals surface area contributed by atoms with Crippen LogP contribution in [0.15, 0.2) is 35.5 Å². The molecule has 0 saturated heterocycles. The van der Waals surface area contributed by atoms with Gasteiger partial charge in [-0.3, -0.25) is 4.79 Å². The summed E-state index contributed by atoms with van der Waals surface area (Å²) in [5.41, 5.74) is 0.820. The highest BCUT2D eigenvalue weighted by atomic mass is 16.3. The Morgan fingerprint density at radius 1 is 1.50 bits per heavy atom. The highest BCUT2D eigenvalue weighted by Crippen LogP contribution is 2.24. The SMILES string of the molecule is CC(=CC1C(=O)C(C)=CC1O)CC=CC(C)(C)O. The molecule has 0 aliphatic heterocycles. The molecule has 0 bridgehead atoms. The van der Waals surface area contributed by atoms with E-state index in [1.165, 1.54) is 0 Å². The van der Waals surface area contributed by atoms with Crippen LogP contribution in [0.3, 0.4) is 0 Å². The predicted octanol–water partition coefficient (Wildman–Crippen LogP) is 2.16. The van der Waals surface area contributed by atoms with Gasteiger partial charge in [-0.25, -0.2) is 0 Å². The van der Waals surface area contributed by atoms with Crippen molar-refractivity contribution in [1.82, 2.24) is 0 Å². The number of Topliss-reactive ketones (excluding diaryl/α,β-unsaturated/α-hetero) is 1. The van der Waals surface area contributed by atoms with E-state index in [1.807, 2.05) is 19.1 Å². The van der Waals surface area contributed by atoms with Gasteiger partial charge in [0.15, 0.2) is 5.78 Å². The van der Waals surface area contributed by atoms with Crippen molar-refractivity contribution in [2.24, 2.45) is 5.92 Å². The molecular formula is C15H22O3. The molecule has 100 valence electrons. The first kappa shape index (κ1) is 14.9. The molecule has 18 heavy (non-hydrogen) atoms. The molecule has 0 aromatic carbocycles. The number of hydrogen-bond acceptors (Lipinski definition) is 3. The highest BCUT2D eigenvalue weighted by molar-refractivity contribution is 6.01. The van der Waals surface area contributed by atoms with Crippen molar-refractivity contribution in [2.45, 2.75) is 45.8 Å². The van der Waals surface area contributed by atoms with Crippen molar-refractivity contribution < 1.29 is 15.0 Å². The molecule has 1 rings (SSSR count). The summed E-state index contributed by atoms with van der Waals surface area (Å²) in [5.74, 6) is -0.450. The normalized spacial score (nSPS) is 26.0. The Bertz CT molecular complexity index is 408. The highest BCUT2D eigenvalue weighted by Gasteiger charge is 2.30. The molecule has 3 heteroatoms. The first-order valence-electron chi connectivity index (χ1n) is 6.19. The lowest BCUT2D eigenvalue weighted by Gasteiger charge is -2.11. The van der Waals surface area contributed by atoms with Crippen LogP contribution in [0.2, 0.25) is 0 Å². The van der Waals surface area contributed by atoms with Crippen LogP contribution < -0.4 is 0 Å². The van der Waals surface area contributed by atoms with Gasteiger partial charge in [0.2, 0.25) is 0 Å². The summed E-state index contributed by atoms with van der Waals surface area (Å²) in [6, 6.07) is 0. The molecule has 0 aromatic rings. The molecule has 1 aliphatic rings. The molecule has 2 unspecified atom stereocenters. The summed E-state index contributed by atoms with van der Waals surface area (Å²) in [7, 11) is 0. The van der Waals surface area contributed by atoms with Crippen LogP contribution in [0, 0.1) is 5.92 Å². The molecule has 0 heterocycles. The quantitative estimate of drug-likeness (QED) is 0.752. The molecule has 0 spiro atoms. The fourth-order valence-electron chi connectivity index (χ4n) is 1.94. The fourth-order valence-corrected chi connectivity index (χ4v) is 1.94. The molecule has 0 saturated carbocycles. The lowest BCUT2D eigenvalue weighted by molar-refractivity contribution is -0.118. The minimum atomic E-state index is -0.818. The van der Waals surface area contributed by atoms with Crippen molar-refractivity contribution in [3.8, 4) is 0 Å². The lowest BCUT2D eigenvalue weighted by atomic mass is 9.98. The zero-order chi connectivity index (χ0) is 13.9. The van der Waals surface area contributed by atoms with Crippen LogP contribution in [-0.4, -0.2) is 27.7 Å². The van der Waals surface area contributed by atoms with Gasteiger partial charge in [0.1, 0.15) is 0 Å². The Morgan fingerprint density at radius 3 is 2.56 bits per heavy atom. The zero-order valence-corrected chi connectivity index (χ0v) is 11.5. The number of aliphatic hydroxyl groups excluding tert-OH is 1. The van der Waals surface area contributed by atoms with Crippen LogP contribution in [0.5, 0.6) is 0 Å². The zero-order valence-electron chi connectivity index (χ0n) is 11.5. The summed E-state index contributed by atoms with van der Waals surface area (Å²) in [6.45, 7) is 7.06. The molecule has 2 N–H and O–H groups in total. The Hall–Kier alpha value is -1.19. The van der Waals surface area contributed by atoms with Gasteiger partial charge in [-0.05, 0) is 45.8 Å². The number of aliphatic hydroxyl groups is 2. The maximum Gasteiger partial charge on any atom is 0.168 e. The maximum atomic E-state index is 11.8. The van der Waals surface area contributed by atoms with Gasteiger partial charge in [0, 0.05) is 0 Å². The van der Waals surface area contributed by atoms with Gasteiger partial charge in [-0.15, -0.1) is 0 Å². The summed E-state index contributed by atoms with van der Waals surface area (Å²) < 4.78 is 0. The molecule has 0 fully saturated rings. The van der Waals surface area contributed by atoms with E-state index in [0.29, 0.717) is 12.0 Å². The third-order valence-electron chi connectivity index (χ3n) is 2.91. The number of allylic oxidation sites excluding steroid dienone is 3. The summed E-state index contributed by atoms with van der Waals surface area (Å²) in [5, 5.41) is 19.3. The van der Waals surface area contributed by atoms with E-state index in [1.54, 1.807) is 32.9 Å². The van der Waals surface area contributed by atoms with Crippen molar-refractivity contribution >= 4 is 5.78 Å². The van der Waals surface area contributed by atoms with Crippen LogP contribution in [0.4, 0.5) is 0 Å². The standard InChI is InChI=1S/C15H22O3/c1-10(6-5-7-15(3,4)18)8-12-13(16)9-11(2)14(12)17/h5,7-9,12-13,16,18H,6H2,1-4H3. The summed E-state index contributed by atoms with van der Waals surface area (Å²) in [4.78, 5) is 11.8. The summed E-state index contributed by atoms with van der Waals surface area (Å²) in [6.07, 6.45) is 6.97. The third kappa shape index (κ3) is 4.24.